The number of hydrazine groups is 1. The standard InChI is InChI=1S/C11H15N5O2S2/c1-8(11-13-4-5-19-11)6-15-20(17,18)9-2-3-10(16-12)14-7-9/h2-5,7-8,15H,6,12H2,1H3,(H,14,16). The number of thiazole rings is 1. The van der Waals surface area contributed by atoms with Crippen LogP contribution in [0.4, 0.5) is 5.82 Å². The van der Waals surface area contributed by atoms with Crippen LogP contribution in [0.1, 0.15) is 17.8 Å². The minimum Gasteiger partial charge on any atom is -0.308 e. The summed E-state index contributed by atoms with van der Waals surface area (Å²) in [7, 11) is -3.58. The number of sulfonamides is 1. The summed E-state index contributed by atoms with van der Waals surface area (Å²) in [6.45, 7) is 2.20. The molecule has 0 saturated heterocycles. The number of anilines is 1. The van der Waals surface area contributed by atoms with Gasteiger partial charge in [-0.15, -0.1) is 11.3 Å². The molecule has 2 aromatic heterocycles. The van der Waals surface area contributed by atoms with E-state index in [-0.39, 0.29) is 17.4 Å². The van der Waals surface area contributed by atoms with E-state index in [4.69, 9.17) is 5.84 Å². The molecule has 2 aromatic rings. The van der Waals surface area contributed by atoms with Crippen LogP contribution in [-0.2, 0) is 10.0 Å². The number of hydrogen-bond donors (Lipinski definition) is 3. The van der Waals surface area contributed by atoms with E-state index in [1.54, 1.807) is 6.20 Å². The maximum absolute atomic E-state index is 12.1. The molecule has 4 N–H and O–H groups in total. The molecule has 0 aliphatic rings. The maximum atomic E-state index is 12.1. The van der Waals surface area contributed by atoms with Crippen molar-refractivity contribution in [2.75, 3.05) is 12.0 Å². The molecule has 0 saturated carbocycles. The van der Waals surface area contributed by atoms with Gasteiger partial charge in [-0.05, 0) is 12.1 Å². The number of hydrogen-bond acceptors (Lipinski definition) is 7. The molecule has 0 aliphatic carbocycles. The molecule has 0 radical (unpaired) electrons. The Morgan fingerprint density at radius 2 is 2.20 bits per heavy atom. The Kier molecular flexibility index (Phi) is 4.65. The Balaban J connectivity index is 2.03. The minimum atomic E-state index is -3.58. The van der Waals surface area contributed by atoms with Gasteiger partial charge in [0.2, 0.25) is 10.0 Å². The molecule has 9 heteroatoms. The van der Waals surface area contributed by atoms with Crippen LogP contribution in [0.15, 0.2) is 34.8 Å². The van der Waals surface area contributed by atoms with Gasteiger partial charge in [0.05, 0.1) is 5.01 Å². The molecule has 0 fully saturated rings. The normalized spacial score (nSPS) is 13.1. The van der Waals surface area contributed by atoms with Crippen molar-refractivity contribution in [3.05, 3.63) is 34.9 Å². The van der Waals surface area contributed by atoms with Crippen LogP contribution in [0, 0.1) is 0 Å². The molecular weight excluding hydrogens is 298 g/mol. The van der Waals surface area contributed by atoms with Crippen molar-refractivity contribution < 1.29 is 8.42 Å². The van der Waals surface area contributed by atoms with Gasteiger partial charge in [0.15, 0.2) is 0 Å². The third-order valence-corrected chi connectivity index (χ3v) is 5.06. The summed E-state index contributed by atoms with van der Waals surface area (Å²) >= 11 is 1.50. The lowest BCUT2D eigenvalue weighted by Crippen LogP contribution is -2.27. The SMILES string of the molecule is CC(CNS(=O)(=O)c1ccc(NN)nc1)c1nccs1. The lowest BCUT2D eigenvalue weighted by atomic mass is 10.2. The van der Waals surface area contributed by atoms with Gasteiger partial charge in [0.1, 0.15) is 10.7 Å². The van der Waals surface area contributed by atoms with Gasteiger partial charge in [0, 0.05) is 30.2 Å². The van der Waals surface area contributed by atoms with Crippen LogP contribution >= 0.6 is 11.3 Å². The highest BCUT2D eigenvalue weighted by Gasteiger charge is 2.17. The number of nitrogen functional groups attached to an aromatic ring is 1. The Hall–Kier alpha value is -1.55. The van der Waals surface area contributed by atoms with E-state index in [9.17, 15) is 8.42 Å². The van der Waals surface area contributed by atoms with Crippen molar-refractivity contribution in [1.29, 1.82) is 0 Å². The Bertz CT molecular complexity index is 640. The highest BCUT2D eigenvalue weighted by Crippen LogP contribution is 2.17. The molecule has 0 bridgehead atoms. The van der Waals surface area contributed by atoms with Crippen molar-refractivity contribution in [2.24, 2.45) is 5.84 Å². The Morgan fingerprint density at radius 3 is 2.75 bits per heavy atom. The van der Waals surface area contributed by atoms with Crippen molar-refractivity contribution in [2.45, 2.75) is 17.7 Å². The zero-order valence-corrected chi connectivity index (χ0v) is 12.4. The number of nitrogens with one attached hydrogen (secondary N) is 2. The van der Waals surface area contributed by atoms with Crippen molar-refractivity contribution in [1.82, 2.24) is 14.7 Å². The Morgan fingerprint density at radius 1 is 1.40 bits per heavy atom. The number of nitrogens with zero attached hydrogens (tertiary/aromatic N) is 2. The summed E-state index contributed by atoms with van der Waals surface area (Å²) in [5.41, 5.74) is 2.34. The lowest BCUT2D eigenvalue weighted by Gasteiger charge is -2.10. The third kappa shape index (κ3) is 3.51. The first-order chi connectivity index (χ1) is 9.53. The highest BCUT2D eigenvalue weighted by molar-refractivity contribution is 7.89. The molecule has 1 atom stereocenters. The number of rotatable bonds is 6. The van der Waals surface area contributed by atoms with Crippen LogP contribution in [-0.4, -0.2) is 24.9 Å². The van der Waals surface area contributed by atoms with Crippen molar-refractivity contribution >= 4 is 27.2 Å². The lowest BCUT2D eigenvalue weighted by molar-refractivity contribution is 0.574. The van der Waals surface area contributed by atoms with Crippen LogP contribution in [0.5, 0.6) is 0 Å². The number of pyridine rings is 1. The summed E-state index contributed by atoms with van der Waals surface area (Å²) in [6.07, 6.45) is 2.96. The molecule has 2 rings (SSSR count). The van der Waals surface area contributed by atoms with Gasteiger partial charge >= 0.3 is 0 Å². The molecule has 108 valence electrons. The zero-order chi connectivity index (χ0) is 14.6. The van der Waals surface area contributed by atoms with Gasteiger partial charge in [0.25, 0.3) is 0 Å². The molecule has 0 amide bonds. The third-order valence-electron chi connectivity index (χ3n) is 2.65. The summed E-state index contributed by atoms with van der Waals surface area (Å²) in [5, 5.41) is 2.76. The van der Waals surface area contributed by atoms with E-state index in [0.29, 0.717) is 5.82 Å². The zero-order valence-electron chi connectivity index (χ0n) is 10.8. The molecule has 1 unspecified atom stereocenters. The topological polar surface area (TPSA) is 110 Å². The van der Waals surface area contributed by atoms with Gasteiger partial charge in [-0.3, -0.25) is 0 Å². The molecule has 2 heterocycles. The van der Waals surface area contributed by atoms with E-state index in [2.05, 4.69) is 20.1 Å². The Labute approximate surface area is 121 Å². The average Bonchev–Trinajstić information content (AvgIpc) is 2.99. The van der Waals surface area contributed by atoms with E-state index in [1.165, 1.54) is 29.7 Å². The highest BCUT2D eigenvalue weighted by atomic mass is 32.2. The number of nitrogens with two attached hydrogens (primary N) is 1. The first kappa shape index (κ1) is 14.9. The second-order valence-corrected chi connectivity index (χ2v) is 6.84. The molecular formula is C11H15N5O2S2. The van der Waals surface area contributed by atoms with Crippen LogP contribution in [0.2, 0.25) is 0 Å². The van der Waals surface area contributed by atoms with Gasteiger partial charge < -0.3 is 5.43 Å². The monoisotopic (exact) mass is 313 g/mol. The fourth-order valence-corrected chi connectivity index (χ4v) is 3.28. The summed E-state index contributed by atoms with van der Waals surface area (Å²) in [4.78, 5) is 8.14. The maximum Gasteiger partial charge on any atom is 0.242 e. The van der Waals surface area contributed by atoms with Crippen LogP contribution < -0.4 is 16.0 Å². The quantitative estimate of drug-likeness (QED) is 0.540. The van der Waals surface area contributed by atoms with Crippen molar-refractivity contribution in [3.8, 4) is 0 Å². The minimum absolute atomic E-state index is 0.0164. The fourth-order valence-electron chi connectivity index (χ4n) is 1.51. The molecule has 0 spiro atoms. The average molecular weight is 313 g/mol. The first-order valence-electron chi connectivity index (χ1n) is 5.84. The summed E-state index contributed by atoms with van der Waals surface area (Å²) in [5.74, 6) is 5.60. The predicted octanol–water partition coefficient (Wildman–Crippen LogP) is 0.906. The van der Waals surface area contributed by atoms with E-state index < -0.39 is 10.0 Å². The van der Waals surface area contributed by atoms with Crippen LogP contribution in [0.3, 0.4) is 0 Å². The first-order valence-corrected chi connectivity index (χ1v) is 8.21. The number of aromatic nitrogens is 2. The van der Waals surface area contributed by atoms with Crippen LogP contribution in [0.25, 0.3) is 0 Å². The molecule has 7 nitrogen and oxygen atoms in total. The van der Waals surface area contributed by atoms with E-state index in [1.807, 2.05) is 12.3 Å². The molecule has 20 heavy (non-hydrogen) atoms. The summed E-state index contributed by atoms with van der Waals surface area (Å²) < 4.78 is 26.7. The van der Waals surface area contributed by atoms with Gasteiger partial charge in [-0.25, -0.2) is 29.0 Å². The summed E-state index contributed by atoms with van der Waals surface area (Å²) in [6, 6.07) is 2.94. The van der Waals surface area contributed by atoms with Gasteiger partial charge in [-0.1, -0.05) is 6.92 Å². The van der Waals surface area contributed by atoms with E-state index >= 15 is 0 Å². The van der Waals surface area contributed by atoms with Crippen molar-refractivity contribution in [3.63, 3.8) is 0 Å². The fraction of sp³-hybridized carbons (Fsp3) is 0.273. The van der Waals surface area contributed by atoms with E-state index in [0.717, 1.165) is 5.01 Å². The second-order valence-electron chi connectivity index (χ2n) is 4.15. The molecule has 0 aromatic carbocycles. The predicted molar refractivity (Wildman–Crippen MR) is 77.8 cm³/mol. The largest absolute Gasteiger partial charge is 0.308 e. The second kappa shape index (κ2) is 6.27. The van der Waals surface area contributed by atoms with Gasteiger partial charge in [-0.2, -0.15) is 0 Å². The molecule has 0 aliphatic heterocycles. The smallest absolute Gasteiger partial charge is 0.242 e.